The molecule has 0 spiro atoms. The Morgan fingerprint density at radius 2 is 1.89 bits per heavy atom. The first-order valence-corrected chi connectivity index (χ1v) is 12.7. The van der Waals surface area contributed by atoms with Crippen LogP contribution in [0, 0.1) is 0 Å². The van der Waals surface area contributed by atoms with Gasteiger partial charge in [0.1, 0.15) is 6.61 Å². The molecule has 1 aliphatic rings. The van der Waals surface area contributed by atoms with Crippen LogP contribution in [0.25, 0.3) is 6.08 Å². The second kappa shape index (κ2) is 10.8. The van der Waals surface area contributed by atoms with Gasteiger partial charge in [0.2, 0.25) is 0 Å². The molecule has 1 amide bonds. The number of amides is 1. The topological polar surface area (TPSA) is 38.8 Å². The fourth-order valence-electron chi connectivity index (χ4n) is 3.39. The monoisotopic (exact) mass is 613 g/mol. The molecule has 0 unspecified atom stereocenters. The van der Waals surface area contributed by atoms with Gasteiger partial charge in [-0.3, -0.25) is 9.69 Å². The number of rotatable bonds is 6. The van der Waals surface area contributed by atoms with Crippen molar-refractivity contribution in [3.8, 4) is 11.5 Å². The van der Waals surface area contributed by atoms with Crippen LogP contribution in [0.1, 0.15) is 16.7 Å². The molecule has 3 aromatic carbocycles. The van der Waals surface area contributed by atoms with Gasteiger partial charge in [0.25, 0.3) is 5.91 Å². The van der Waals surface area contributed by atoms with E-state index < -0.39 is 17.6 Å². The minimum atomic E-state index is -4.54. The number of benzene rings is 3. The number of thioether (sulfide) groups is 1. The minimum Gasteiger partial charge on any atom is -0.493 e. The maximum Gasteiger partial charge on any atom is 0.416 e. The zero-order valence-electron chi connectivity index (χ0n) is 18.4. The van der Waals surface area contributed by atoms with E-state index in [1.54, 1.807) is 24.3 Å². The highest BCUT2D eigenvalue weighted by atomic mass is 79.9. The van der Waals surface area contributed by atoms with Crippen molar-refractivity contribution < 1.29 is 27.4 Å². The Kier molecular flexibility index (Phi) is 7.99. The van der Waals surface area contributed by atoms with E-state index >= 15 is 0 Å². The van der Waals surface area contributed by atoms with Gasteiger partial charge >= 0.3 is 6.18 Å². The molecule has 0 saturated carbocycles. The summed E-state index contributed by atoms with van der Waals surface area (Å²) in [5, 5.41) is 0.576. The lowest BCUT2D eigenvalue weighted by Crippen LogP contribution is -2.27. The third-order valence-corrected chi connectivity index (χ3v) is 7.36. The highest BCUT2D eigenvalue weighted by Crippen LogP contribution is 2.41. The maximum absolute atomic E-state index is 13.1. The van der Waals surface area contributed by atoms with Gasteiger partial charge in [-0.1, -0.05) is 59.8 Å². The van der Waals surface area contributed by atoms with Crippen LogP contribution in [0.15, 0.2) is 70.0 Å². The summed E-state index contributed by atoms with van der Waals surface area (Å²) < 4.78 is 51.5. The SMILES string of the molecule is COc1cc(/C=C2\SC(=S)N(c3cccc(C(F)(F)F)c3)C2=O)cc(Br)c1OCc1ccccc1Cl. The largest absolute Gasteiger partial charge is 0.493 e. The smallest absolute Gasteiger partial charge is 0.416 e. The standard InChI is InChI=1S/C25H16BrClF3NO3S2/c1-33-20-10-14(9-18(26)22(20)34-13-15-5-2-3-8-19(15)27)11-21-23(32)31(24(35)36-21)17-7-4-6-16(12-17)25(28,29)30/h2-12H,13H2,1H3/b21-11-. The molecule has 1 aliphatic heterocycles. The molecule has 1 heterocycles. The summed E-state index contributed by atoms with van der Waals surface area (Å²) >= 11 is 16.0. The molecule has 4 nitrogen and oxygen atoms in total. The van der Waals surface area contributed by atoms with Crippen LogP contribution >= 0.6 is 51.5 Å². The normalized spacial score (nSPS) is 15.1. The van der Waals surface area contributed by atoms with E-state index in [2.05, 4.69) is 15.9 Å². The van der Waals surface area contributed by atoms with Crippen molar-refractivity contribution in [2.45, 2.75) is 12.8 Å². The van der Waals surface area contributed by atoms with E-state index in [0.29, 0.717) is 26.6 Å². The predicted octanol–water partition coefficient (Wildman–Crippen LogP) is 8.11. The van der Waals surface area contributed by atoms with Gasteiger partial charge in [-0.25, -0.2) is 0 Å². The number of ether oxygens (including phenoxy) is 2. The van der Waals surface area contributed by atoms with Crippen molar-refractivity contribution in [3.05, 3.63) is 91.8 Å². The number of halogens is 5. The van der Waals surface area contributed by atoms with E-state index in [1.165, 1.54) is 19.2 Å². The fourth-order valence-corrected chi connectivity index (χ4v) is 5.46. The highest BCUT2D eigenvalue weighted by Gasteiger charge is 2.36. The molecule has 0 atom stereocenters. The second-order valence-electron chi connectivity index (χ2n) is 7.48. The lowest BCUT2D eigenvalue weighted by Gasteiger charge is -2.16. The highest BCUT2D eigenvalue weighted by molar-refractivity contribution is 9.10. The maximum atomic E-state index is 13.1. The van der Waals surface area contributed by atoms with Crippen molar-refractivity contribution in [2.75, 3.05) is 12.0 Å². The summed E-state index contributed by atoms with van der Waals surface area (Å²) in [7, 11) is 1.49. The molecule has 0 aromatic heterocycles. The average Bonchev–Trinajstić information content (AvgIpc) is 3.11. The summed E-state index contributed by atoms with van der Waals surface area (Å²) in [6, 6.07) is 15.2. The molecule has 36 heavy (non-hydrogen) atoms. The number of carbonyl (C=O) groups is 1. The third-order valence-electron chi connectivity index (χ3n) is 5.10. The Balaban J connectivity index is 1.59. The number of anilines is 1. The molecule has 0 aliphatic carbocycles. The molecular weight excluding hydrogens is 599 g/mol. The van der Waals surface area contributed by atoms with Crippen LogP contribution in [0.2, 0.25) is 5.02 Å². The van der Waals surface area contributed by atoms with Gasteiger partial charge in [0.05, 0.1) is 27.7 Å². The van der Waals surface area contributed by atoms with E-state index in [-0.39, 0.29) is 21.5 Å². The zero-order valence-corrected chi connectivity index (χ0v) is 22.4. The van der Waals surface area contributed by atoms with Crippen molar-refractivity contribution in [1.29, 1.82) is 0 Å². The van der Waals surface area contributed by atoms with Gasteiger partial charge in [-0.05, 0) is 64.0 Å². The average molecular weight is 615 g/mol. The summed E-state index contributed by atoms with van der Waals surface area (Å²) in [5.41, 5.74) is 0.598. The first kappa shape index (κ1) is 26.5. The van der Waals surface area contributed by atoms with Crippen LogP contribution < -0.4 is 14.4 Å². The molecule has 1 saturated heterocycles. The fraction of sp³-hybridized carbons (Fsp3) is 0.120. The van der Waals surface area contributed by atoms with Crippen LogP contribution in [0.3, 0.4) is 0 Å². The molecule has 0 bridgehead atoms. The number of thiocarbonyl (C=S) groups is 1. The molecule has 0 N–H and O–H groups in total. The van der Waals surface area contributed by atoms with Gasteiger partial charge in [-0.2, -0.15) is 13.2 Å². The van der Waals surface area contributed by atoms with Crippen LogP contribution in [-0.4, -0.2) is 17.3 Å². The number of hydrogen-bond donors (Lipinski definition) is 0. The number of hydrogen-bond acceptors (Lipinski definition) is 5. The van der Waals surface area contributed by atoms with Gasteiger partial charge < -0.3 is 9.47 Å². The first-order chi connectivity index (χ1) is 17.1. The number of carbonyl (C=O) groups excluding carboxylic acids is 1. The quantitative estimate of drug-likeness (QED) is 0.207. The van der Waals surface area contributed by atoms with Crippen LogP contribution in [0.4, 0.5) is 18.9 Å². The summed E-state index contributed by atoms with van der Waals surface area (Å²) in [5.74, 6) is 0.348. The number of methoxy groups -OCH3 is 1. The molecule has 3 aromatic rings. The zero-order chi connectivity index (χ0) is 26.0. The van der Waals surface area contributed by atoms with Crippen molar-refractivity contribution >= 4 is 73.5 Å². The lowest BCUT2D eigenvalue weighted by molar-refractivity contribution is -0.137. The Bertz CT molecular complexity index is 1380. The predicted molar refractivity (Wildman–Crippen MR) is 144 cm³/mol. The van der Waals surface area contributed by atoms with Gasteiger partial charge in [-0.15, -0.1) is 0 Å². The number of alkyl halides is 3. The Morgan fingerprint density at radius 3 is 2.58 bits per heavy atom. The van der Waals surface area contributed by atoms with E-state index in [9.17, 15) is 18.0 Å². The van der Waals surface area contributed by atoms with Gasteiger partial charge in [0.15, 0.2) is 15.8 Å². The Morgan fingerprint density at radius 1 is 1.14 bits per heavy atom. The Hall–Kier alpha value is -2.53. The van der Waals surface area contributed by atoms with E-state index in [0.717, 1.165) is 34.4 Å². The van der Waals surface area contributed by atoms with Crippen molar-refractivity contribution in [3.63, 3.8) is 0 Å². The van der Waals surface area contributed by atoms with Crippen LogP contribution in [0.5, 0.6) is 11.5 Å². The molecule has 186 valence electrons. The molecule has 0 radical (unpaired) electrons. The number of nitrogens with zero attached hydrogens (tertiary/aromatic N) is 1. The molecule has 11 heteroatoms. The second-order valence-corrected chi connectivity index (χ2v) is 10.4. The van der Waals surface area contributed by atoms with Gasteiger partial charge in [0, 0.05) is 10.6 Å². The van der Waals surface area contributed by atoms with Crippen molar-refractivity contribution in [2.24, 2.45) is 0 Å². The summed E-state index contributed by atoms with van der Waals surface area (Å²) in [6.45, 7) is 0.212. The molecule has 1 fully saturated rings. The van der Waals surface area contributed by atoms with Crippen molar-refractivity contribution in [1.82, 2.24) is 0 Å². The van der Waals surface area contributed by atoms with E-state index in [1.807, 2.05) is 18.2 Å². The first-order valence-electron chi connectivity index (χ1n) is 10.3. The molecule has 4 rings (SSSR count). The van der Waals surface area contributed by atoms with E-state index in [4.69, 9.17) is 33.3 Å². The van der Waals surface area contributed by atoms with Crippen LogP contribution in [-0.2, 0) is 17.6 Å². The minimum absolute atomic E-state index is 0.0535. The summed E-state index contributed by atoms with van der Waals surface area (Å²) in [6.07, 6.45) is -2.94. The summed E-state index contributed by atoms with van der Waals surface area (Å²) in [4.78, 5) is 14.4. The molecular formula is C25H16BrClF3NO3S2. The Labute approximate surface area is 228 Å². The third kappa shape index (κ3) is 5.72. The lowest BCUT2D eigenvalue weighted by atomic mass is 10.1.